The molecule has 24 heavy (non-hydrogen) atoms. The molecule has 0 radical (unpaired) electrons. The number of nitrogens with one attached hydrogen (secondary N) is 1. The molecule has 0 atom stereocenters. The minimum Gasteiger partial charge on any atom is -0.508 e. The van der Waals surface area contributed by atoms with Crippen LogP contribution in [-0.2, 0) is 0 Å². The van der Waals surface area contributed by atoms with Gasteiger partial charge in [-0.3, -0.25) is 14.9 Å². The van der Waals surface area contributed by atoms with E-state index in [0.29, 0.717) is 11.3 Å². The zero-order valence-electron chi connectivity index (χ0n) is 13.0. The molecule has 0 aliphatic heterocycles. The van der Waals surface area contributed by atoms with Crippen molar-refractivity contribution in [3.63, 3.8) is 0 Å². The molecule has 0 aliphatic carbocycles. The summed E-state index contributed by atoms with van der Waals surface area (Å²) in [7, 11) is 0. The Balaban J connectivity index is 2.24. The number of nitrogens with zero attached hydrogens (tertiary/aromatic N) is 2. The molecule has 0 unspecified atom stereocenters. The van der Waals surface area contributed by atoms with Gasteiger partial charge in [-0.05, 0) is 32.0 Å². The summed E-state index contributed by atoms with van der Waals surface area (Å²) >= 11 is 0. The van der Waals surface area contributed by atoms with Crippen LogP contribution in [0.3, 0.4) is 0 Å². The van der Waals surface area contributed by atoms with Gasteiger partial charge in [0.25, 0.3) is 11.6 Å². The maximum atomic E-state index is 12.2. The quantitative estimate of drug-likeness (QED) is 0.451. The lowest BCUT2D eigenvalue weighted by atomic mass is 10.1. The van der Waals surface area contributed by atoms with E-state index in [2.05, 4.69) is 10.5 Å². The summed E-state index contributed by atoms with van der Waals surface area (Å²) in [6.45, 7) is 3.06. The molecule has 124 valence electrons. The van der Waals surface area contributed by atoms with Gasteiger partial charge in [0.05, 0.1) is 16.2 Å². The average Bonchev–Trinajstić information content (AvgIpc) is 2.51. The average molecular weight is 329 g/mol. The highest BCUT2D eigenvalue weighted by atomic mass is 16.6. The van der Waals surface area contributed by atoms with Crippen molar-refractivity contribution in [3.8, 4) is 11.5 Å². The fourth-order valence-corrected chi connectivity index (χ4v) is 2.13. The Morgan fingerprint density at radius 2 is 1.83 bits per heavy atom. The third-order valence-electron chi connectivity index (χ3n) is 3.39. The molecule has 0 aliphatic rings. The van der Waals surface area contributed by atoms with Gasteiger partial charge >= 0.3 is 0 Å². The predicted octanol–water partition coefficient (Wildman–Crippen LogP) is 2.47. The number of amides is 1. The van der Waals surface area contributed by atoms with Gasteiger partial charge in [0.1, 0.15) is 11.5 Å². The van der Waals surface area contributed by atoms with Crippen LogP contribution in [0.1, 0.15) is 28.4 Å². The zero-order valence-corrected chi connectivity index (χ0v) is 13.0. The number of rotatable bonds is 4. The number of hydrogen-bond donors (Lipinski definition) is 3. The number of benzene rings is 2. The van der Waals surface area contributed by atoms with Gasteiger partial charge in [0, 0.05) is 23.3 Å². The van der Waals surface area contributed by atoms with Crippen molar-refractivity contribution in [2.45, 2.75) is 13.8 Å². The fraction of sp³-hybridized carbons (Fsp3) is 0.125. The topological polar surface area (TPSA) is 125 Å². The van der Waals surface area contributed by atoms with Crippen molar-refractivity contribution in [2.75, 3.05) is 0 Å². The van der Waals surface area contributed by atoms with Crippen LogP contribution in [-0.4, -0.2) is 26.8 Å². The lowest BCUT2D eigenvalue weighted by Gasteiger charge is -2.06. The van der Waals surface area contributed by atoms with E-state index >= 15 is 0 Å². The van der Waals surface area contributed by atoms with Gasteiger partial charge in [-0.2, -0.15) is 5.10 Å². The number of hydrazone groups is 1. The number of hydrogen-bond acceptors (Lipinski definition) is 6. The van der Waals surface area contributed by atoms with Crippen LogP contribution in [0.15, 0.2) is 41.5 Å². The first-order valence-electron chi connectivity index (χ1n) is 6.91. The van der Waals surface area contributed by atoms with Gasteiger partial charge in [-0.1, -0.05) is 6.07 Å². The van der Waals surface area contributed by atoms with Crippen LogP contribution in [0.5, 0.6) is 11.5 Å². The Labute approximate surface area is 137 Å². The number of phenolic OH excluding ortho intramolecular Hbond substituents is 2. The van der Waals surface area contributed by atoms with E-state index in [1.165, 1.54) is 43.3 Å². The lowest BCUT2D eigenvalue weighted by Crippen LogP contribution is -2.20. The maximum absolute atomic E-state index is 12.2. The summed E-state index contributed by atoms with van der Waals surface area (Å²) in [6.07, 6.45) is 0. The van der Waals surface area contributed by atoms with E-state index in [9.17, 15) is 25.1 Å². The minimum atomic E-state index is -0.597. The first kappa shape index (κ1) is 16.9. The molecule has 0 heterocycles. The normalized spacial score (nSPS) is 11.2. The molecular formula is C16H15N3O5. The Morgan fingerprint density at radius 3 is 2.42 bits per heavy atom. The standard InChI is InChI=1S/C16H15N3O5/c1-9-14(4-3-5-15(9)19(23)24)16(22)18-17-10(2)11-6-12(20)8-13(21)7-11/h3-8,20-21H,1-2H3,(H,18,22). The summed E-state index contributed by atoms with van der Waals surface area (Å²) in [6, 6.07) is 8.12. The van der Waals surface area contributed by atoms with Gasteiger partial charge in [0.15, 0.2) is 0 Å². The summed E-state index contributed by atoms with van der Waals surface area (Å²) < 4.78 is 0. The molecule has 0 saturated heterocycles. The largest absolute Gasteiger partial charge is 0.508 e. The second-order valence-electron chi connectivity index (χ2n) is 5.08. The Kier molecular flexibility index (Phi) is 4.78. The van der Waals surface area contributed by atoms with E-state index in [4.69, 9.17) is 0 Å². The highest BCUT2D eigenvalue weighted by molar-refractivity contribution is 6.02. The summed E-state index contributed by atoms with van der Waals surface area (Å²) in [5, 5.41) is 33.7. The highest BCUT2D eigenvalue weighted by Gasteiger charge is 2.17. The van der Waals surface area contributed by atoms with Gasteiger partial charge < -0.3 is 10.2 Å². The van der Waals surface area contributed by atoms with Crippen LogP contribution in [0.4, 0.5) is 5.69 Å². The molecule has 0 bridgehead atoms. The maximum Gasteiger partial charge on any atom is 0.273 e. The monoisotopic (exact) mass is 329 g/mol. The molecule has 2 aromatic rings. The van der Waals surface area contributed by atoms with Crippen molar-refractivity contribution in [2.24, 2.45) is 5.10 Å². The van der Waals surface area contributed by atoms with E-state index in [-0.39, 0.29) is 28.3 Å². The summed E-state index contributed by atoms with van der Waals surface area (Å²) in [4.78, 5) is 22.5. The van der Waals surface area contributed by atoms with Crippen LogP contribution in [0.2, 0.25) is 0 Å². The Bertz CT molecular complexity index is 825. The van der Waals surface area contributed by atoms with Crippen LogP contribution in [0, 0.1) is 17.0 Å². The number of nitro groups is 1. The second-order valence-corrected chi connectivity index (χ2v) is 5.08. The number of aromatic hydroxyl groups is 2. The number of carbonyl (C=O) groups excluding carboxylic acids is 1. The summed E-state index contributed by atoms with van der Waals surface area (Å²) in [5.41, 5.74) is 3.30. The SMILES string of the molecule is CC(=NNC(=O)c1cccc([N+](=O)[O-])c1C)c1cc(O)cc(O)c1. The molecule has 3 N–H and O–H groups in total. The Morgan fingerprint density at radius 1 is 1.21 bits per heavy atom. The van der Waals surface area contributed by atoms with Crippen molar-refractivity contribution in [1.82, 2.24) is 5.43 Å². The van der Waals surface area contributed by atoms with Crippen molar-refractivity contribution < 1.29 is 19.9 Å². The molecule has 0 fully saturated rings. The lowest BCUT2D eigenvalue weighted by molar-refractivity contribution is -0.385. The molecule has 8 nitrogen and oxygen atoms in total. The summed E-state index contributed by atoms with van der Waals surface area (Å²) in [5.74, 6) is -0.874. The number of carbonyl (C=O) groups is 1. The van der Waals surface area contributed by atoms with Crippen molar-refractivity contribution in [1.29, 1.82) is 0 Å². The Hall–Kier alpha value is -3.42. The molecular weight excluding hydrogens is 314 g/mol. The first-order valence-corrected chi connectivity index (χ1v) is 6.91. The molecule has 2 rings (SSSR count). The molecule has 1 amide bonds. The van der Waals surface area contributed by atoms with Crippen molar-refractivity contribution >= 4 is 17.3 Å². The molecule has 0 spiro atoms. The van der Waals surface area contributed by atoms with E-state index in [0.717, 1.165) is 0 Å². The number of phenols is 2. The molecule has 0 aromatic heterocycles. The predicted molar refractivity (Wildman–Crippen MR) is 87.3 cm³/mol. The first-order chi connectivity index (χ1) is 11.3. The second kappa shape index (κ2) is 6.78. The van der Waals surface area contributed by atoms with Crippen LogP contribution < -0.4 is 5.43 Å². The van der Waals surface area contributed by atoms with Gasteiger partial charge in [-0.25, -0.2) is 5.43 Å². The number of nitro benzene ring substituents is 1. The third-order valence-corrected chi connectivity index (χ3v) is 3.39. The van der Waals surface area contributed by atoms with Crippen molar-refractivity contribution in [3.05, 3.63) is 63.2 Å². The van der Waals surface area contributed by atoms with E-state index in [1.54, 1.807) is 6.92 Å². The molecule has 8 heteroatoms. The third kappa shape index (κ3) is 3.67. The van der Waals surface area contributed by atoms with Crippen LogP contribution >= 0.6 is 0 Å². The van der Waals surface area contributed by atoms with Gasteiger partial charge in [-0.15, -0.1) is 0 Å². The molecule has 0 saturated carbocycles. The zero-order chi connectivity index (χ0) is 17.9. The smallest absolute Gasteiger partial charge is 0.273 e. The van der Waals surface area contributed by atoms with E-state index in [1.807, 2.05) is 0 Å². The fourth-order valence-electron chi connectivity index (χ4n) is 2.13. The molecule has 2 aromatic carbocycles. The van der Waals surface area contributed by atoms with E-state index < -0.39 is 10.8 Å². The minimum absolute atomic E-state index is 0.138. The highest BCUT2D eigenvalue weighted by Crippen LogP contribution is 2.22. The van der Waals surface area contributed by atoms with Gasteiger partial charge in [0.2, 0.25) is 0 Å². The van der Waals surface area contributed by atoms with Crippen LogP contribution in [0.25, 0.3) is 0 Å².